The zero-order valence-corrected chi connectivity index (χ0v) is 14.7. The SMILES string of the molecule is COc1ccc([N+](=O)[O-])cc1NC(=O)CNc1ccc(Br)c(C)c1. The Morgan fingerprint density at radius 2 is 2.04 bits per heavy atom. The molecule has 0 bridgehead atoms. The zero-order chi connectivity index (χ0) is 17.7. The molecule has 0 saturated carbocycles. The number of nitro benzene ring substituents is 1. The van der Waals surface area contributed by atoms with Crippen LogP contribution >= 0.6 is 15.9 Å². The Morgan fingerprint density at radius 3 is 2.67 bits per heavy atom. The van der Waals surface area contributed by atoms with Crippen LogP contribution in [0.4, 0.5) is 17.1 Å². The average Bonchev–Trinajstić information content (AvgIpc) is 2.55. The Kier molecular flexibility index (Phi) is 5.75. The lowest BCUT2D eigenvalue weighted by Gasteiger charge is -2.11. The van der Waals surface area contributed by atoms with Gasteiger partial charge in [0.15, 0.2) is 0 Å². The molecule has 24 heavy (non-hydrogen) atoms. The number of hydrogen-bond acceptors (Lipinski definition) is 5. The number of carbonyl (C=O) groups is 1. The van der Waals surface area contributed by atoms with E-state index in [0.29, 0.717) is 5.75 Å². The summed E-state index contributed by atoms with van der Waals surface area (Å²) in [6.45, 7) is 1.97. The molecule has 0 atom stereocenters. The molecule has 2 rings (SSSR count). The molecule has 2 aromatic rings. The lowest BCUT2D eigenvalue weighted by Crippen LogP contribution is -2.22. The molecule has 0 saturated heterocycles. The first-order chi connectivity index (χ1) is 11.4. The van der Waals surface area contributed by atoms with E-state index >= 15 is 0 Å². The van der Waals surface area contributed by atoms with Crippen molar-refractivity contribution < 1.29 is 14.5 Å². The Bertz CT molecular complexity index is 780. The predicted octanol–water partition coefficient (Wildman–Crippen LogP) is 3.72. The van der Waals surface area contributed by atoms with Crippen molar-refractivity contribution in [2.45, 2.75) is 6.92 Å². The van der Waals surface area contributed by atoms with Crippen LogP contribution in [0.25, 0.3) is 0 Å². The molecule has 0 spiro atoms. The monoisotopic (exact) mass is 393 g/mol. The highest BCUT2D eigenvalue weighted by atomic mass is 79.9. The van der Waals surface area contributed by atoms with Gasteiger partial charge >= 0.3 is 0 Å². The molecule has 0 aliphatic rings. The molecule has 0 aliphatic heterocycles. The molecule has 126 valence electrons. The molecule has 0 radical (unpaired) electrons. The first kappa shape index (κ1) is 17.7. The second kappa shape index (κ2) is 7.78. The third kappa shape index (κ3) is 4.45. The number of ether oxygens (including phenoxy) is 1. The van der Waals surface area contributed by atoms with Crippen molar-refractivity contribution in [1.82, 2.24) is 0 Å². The van der Waals surface area contributed by atoms with Gasteiger partial charge in [-0.3, -0.25) is 14.9 Å². The van der Waals surface area contributed by atoms with Crippen molar-refractivity contribution >= 4 is 38.9 Å². The molecule has 0 heterocycles. The van der Waals surface area contributed by atoms with Crippen molar-refractivity contribution in [3.63, 3.8) is 0 Å². The molecular formula is C16H16BrN3O4. The van der Waals surface area contributed by atoms with Gasteiger partial charge in [0, 0.05) is 22.3 Å². The van der Waals surface area contributed by atoms with E-state index in [1.807, 2.05) is 25.1 Å². The fourth-order valence-corrected chi connectivity index (χ4v) is 2.29. The van der Waals surface area contributed by atoms with Crippen molar-refractivity contribution in [2.75, 3.05) is 24.3 Å². The standard InChI is InChI=1S/C16H16BrN3O4/c1-10-7-11(3-5-13(10)17)18-9-16(21)19-14-8-12(20(22)23)4-6-15(14)24-2/h3-8,18H,9H2,1-2H3,(H,19,21). The van der Waals surface area contributed by atoms with Crippen LogP contribution < -0.4 is 15.4 Å². The Morgan fingerprint density at radius 1 is 1.29 bits per heavy atom. The molecule has 0 aliphatic carbocycles. The van der Waals surface area contributed by atoms with Gasteiger partial charge in [0.05, 0.1) is 24.3 Å². The molecule has 8 heteroatoms. The number of non-ortho nitro benzene ring substituents is 1. The third-order valence-electron chi connectivity index (χ3n) is 3.28. The van der Waals surface area contributed by atoms with Crippen LogP contribution in [-0.2, 0) is 4.79 Å². The van der Waals surface area contributed by atoms with E-state index in [2.05, 4.69) is 26.6 Å². The summed E-state index contributed by atoms with van der Waals surface area (Å²) in [5.41, 5.74) is 1.98. The largest absolute Gasteiger partial charge is 0.495 e. The minimum absolute atomic E-state index is 0.0208. The summed E-state index contributed by atoms with van der Waals surface area (Å²) < 4.78 is 6.09. The molecule has 2 aromatic carbocycles. The molecule has 0 aromatic heterocycles. The van der Waals surface area contributed by atoms with Crippen LogP contribution in [0.3, 0.4) is 0 Å². The fraction of sp³-hybridized carbons (Fsp3) is 0.188. The quantitative estimate of drug-likeness (QED) is 0.575. The Labute approximate surface area is 147 Å². The van der Waals surface area contributed by atoms with Crippen molar-refractivity contribution in [3.05, 3.63) is 56.5 Å². The summed E-state index contributed by atoms with van der Waals surface area (Å²) in [6.07, 6.45) is 0. The maximum atomic E-state index is 12.1. The Balaban J connectivity index is 2.04. The van der Waals surface area contributed by atoms with Gasteiger partial charge in [-0.1, -0.05) is 15.9 Å². The van der Waals surface area contributed by atoms with Gasteiger partial charge in [0.25, 0.3) is 5.69 Å². The van der Waals surface area contributed by atoms with Crippen molar-refractivity contribution in [3.8, 4) is 5.75 Å². The summed E-state index contributed by atoms with van der Waals surface area (Å²) in [7, 11) is 1.43. The smallest absolute Gasteiger partial charge is 0.271 e. The average molecular weight is 394 g/mol. The zero-order valence-electron chi connectivity index (χ0n) is 13.1. The van der Waals surface area contributed by atoms with Gasteiger partial charge in [0.1, 0.15) is 5.75 Å². The predicted molar refractivity (Wildman–Crippen MR) is 95.6 cm³/mol. The first-order valence-electron chi connectivity index (χ1n) is 7.03. The van der Waals surface area contributed by atoms with Crippen LogP contribution in [-0.4, -0.2) is 24.5 Å². The van der Waals surface area contributed by atoms with Crippen LogP contribution in [0.1, 0.15) is 5.56 Å². The molecule has 0 unspecified atom stereocenters. The van der Waals surface area contributed by atoms with E-state index in [4.69, 9.17) is 4.74 Å². The summed E-state index contributed by atoms with van der Waals surface area (Å²) in [5.74, 6) is 0.0165. The maximum absolute atomic E-state index is 12.1. The number of nitrogens with one attached hydrogen (secondary N) is 2. The van der Waals surface area contributed by atoms with E-state index in [-0.39, 0.29) is 23.8 Å². The first-order valence-corrected chi connectivity index (χ1v) is 7.82. The van der Waals surface area contributed by atoms with Crippen LogP contribution in [0.15, 0.2) is 40.9 Å². The van der Waals surface area contributed by atoms with E-state index in [9.17, 15) is 14.9 Å². The van der Waals surface area contributed by atoms with Gasteiger partial charge in [-0.2, -0.15) is 0 Å². The van der Waals surface area contributed by atoms with Gasteiger partial charge in [0.2, 0.25) is 5.91 Å². The van der Waals surface area contributed by atoms with E-state index in [1.54, 1.807) is 0 Å². The number of aryl methyl sites for hydroxylation is 1. The number of rotatable bonds is 6. The van der Waals surface area contributed by atoms with E-state index in [1.165, 1.54) is 25.3 Å². The van der Waals surface area contributed by atoms with Crippen LogP contribution in [0.2, 0.25) is 0 Å². The summed E-state index contributed by atoms with van der Waals surface area (Å²) >= 11 is 3.41. The fourth-order valence-electron chi connectivity index (χ4n) is 2.04. The Hall–Kier alpha value is -2.61. The molecule has 1 amide bonds. The van der Waals surface area contributed by atoms with Gasteiger partial charge in [-0.15, -0.1) is 0 Å². The molecular weight excluding hydrogens is 378 g/mol. The van der Waals surface area contributed by atoms with E-state index < -0.39 is 4.92 Å². The number of benzene rings is 2. The third-order valence-corrected chi connectivity index (χ3v) is 4.17. The maximum Gasteiger partial charge on any atom is 0.271 e. The van der Waals surface area contributed by atoms with Crippen LogP contribution in [0, 0.1) is 17.0 Å². The van der Waals surface area contributed by atoms with Gasteiger partial charge in [-0.05, 0) is 36.8 Å². The lowest BCUT2D eigenvalue weighted by atomic mass is 10.2. The number of halogens is 1. The summed E-state index contributed by atoms with van der Waals surface area (Å²) in [4.78, 5) is 22.4. The number of nitro groups is 1. The molecule has 0 fully saturated rings. The normalized spacial score (nSPS) is 10.1. The second-order valence-corrected chi connectivity index (χ2v) is 5.86. The highest BCUT2D eigenvalue weighted by molar-refractivity contribution is 9.10. The topological polar surface area (TPSA) is 93.5 Å². The second-order valence-electron chi connectivity index (χ2n) is 5.01. The number of methoxy groups -OCH3 is 1. The number of amides is 1. The number of carbonyl (C=O) groups excluding carboxylic acids is 1. The minimum Gasteiger partial charge on any atom is -0.495 e. The summed E-state index contributed by atoms with van der Waals surface area (Å²) in [6, 6.07) is 9.67. The lowest BCUT2D eigenvalue weighted by molar-refractivity contribution is -0.384. The highest BCUT2D eigenvalue weighted by Crippen LogP contribution is 2.28. The number of anilines is 2. The molecule has 7 nitrogen and oxygen atoms in total. The van der Waals surface area contributed by atoms with E-state index in [0.717, 1.165) is 15.7 Å². The summed E-state index contributed by atoms with van der Waals surface area (Å²) in [5, 5.41) is 16.5. The van der Waals surface area contributed by atoms with Crippen LogP contribution in [0.5, 0.6) is 5.75 Å². The van der Waals surface area contributed by atoms with Crippen molar-refractivity contribution in [1.29, 1.82) is 0 Å². The molecule has 2 N–H and O–H groups in total. The minimum atomic E-state index is -0.530. The van der Waals surface area contributed by atoms with Gasteiger partial charge in [-0.25, -0.2) is 0 Å². The number of nitrogens with zero attached hydrogens (tertiary/aromatic N) is 1. The number of hydrogen-bond donors (Lipinski definition) is 2. The van der Waals surface area contributed by atoms with Gasteiger partial charge < -0.3 is 15.4 Å². The highest BCUT2D eigenvalue weighted by Gasteiger charge is 2.13. The van der Waals surface area contributed by atoms with Crippen molar-refractivity contribution in [2.24, 2.45) is 0 Å².